The van der Waals surface area contributed by atoms with Crippen LogP contribution in [-0.2, 0) is 11.3 Å². The van der Waals surface area contributed by atoms with Crippen LogP contribution in [0.5, 0.6) is 0 Å². The molecule has 1 aliphatic heterocycles. The van der Waals surface area contributed by atoms with Crippen molar-refractivity contribution in [3.63, 3.8) is 0 Å². The zero-order valence-electron chi connectivity index (χ0n) is 11.7. The van der Waals surface area contributed by atoms with Crippen LogP contribution in [0.25, 0.3) is 0 Å². The van der Waals surface area contributed by atoms with E-state index in [1.54, 1.807) is 6.20 Å². The summed E-state index contributed by atoms with van der Waals surface area (Å²) in [6, 6.07) is 6.18. The van der Waals surface area contributed by atoms with Crippen molar-refractivity contribution in [3.8, 4) is 0 Å². The predicted molar refractivity (Wildman–Crippen MR) is 85.5 cm³/mol. The van der Waals surface area contributed by atoms with E-state index >= 15 is 0 Å². The molecule has 1 unspecified atom stereocenters. The maximum atomic E-state index is 12.2. The lowest BCUT2D eigenvalue weighted by Crippen LogP contribution is -2.35. The normalized spacial score (nSPS) is 16.9. The van der Waals surface area contributed by atoms with E-state index in [9.17, 15) is 4.79 Å². The molecule has 1 N–H and O–H groups in total. The minimum absolute atomic E-state index is 0. The van der Waals surface area contributed by atoms with E-state index in [-0.39, 0.29) is 30.7 Å². The van der Waals surface area contributed by atoms with E-state index in [4.69, 9.17) is 0 Å². The predicted octanol–water partition coefficient (Wildman–Crippen LogP) is 2.42. The van der Waals surface area contributed by atoms with Gasteiger partial charge in [0.15, 0.2) is 0 Å². The lowest BCUT2D eigenvalue weighted by Gasteiger charge is -2.22. The fraction of sp³-hybridized carbons (Fsp3) is 0.571. The van der Waals surface area contributed by atoms with Crippen LogP contribution >= 0.6 is 24.8 Å². The molecule has 114 valence electrons. The van der Waals surface area contributed by atoms with Crippen molar-refractivity contribution in [1.29, 1.82) is 0 Å². The number of rotatable bonds is 5. The Bertz CT molecular complexity index is 383. The average Bonchev–Trinajstić information content (AvgIpc) is 2.90. The quantitative estimate of drug-likeness (QED) is 0.906. The molecule has 1 amide bonds. The number of carbonyl (C=O) groups is 1. The first-order chi connectivity index (χ1) is 8.79. The van der Waals surface area contributed by atoms with Gasteiger partial charge in [0.2, 0.25) is 5.91 Å². The Morgan fingerprint density at radius 2 is 2.25 bits per heavy atom. The Morgan fingerprint density at radius 3 is 2.80 bits per heavy atom. The van der Waals surface area contributed by atoms with Crippen LogP contribution in [0.2, 0.25) is 0 Å². The molecule has 1 aromatic heterocycles. The van der Waals surface area contributed by atoms with E-state index in [0.29, 0.717) is 19.0 Å². The second-order valence-electron chi connectivity index (χ2n) is 4.73. The minimum Gasteiger partial charge on any atom is -0.337 e. The van der Waals surface area contributed by atoms with Gasteiger partial charge in [0.05, 0.1) is 12.2 Å². The Morgan fingerprint density at radius 1 is 1.45 bits per heavy atom. The number of pyridine rings is 1. The lowest BCUT2D eigenvalue weighted by molar-refractivity contribution is -0.132. The monoisotopic (exact) mass is 319 g/mol. The van der Waals surface area contributed by atoms with Gasteiger partial charge in [-0.2, -0.15) is 0 Å². The topological polar surface area (TPSA) is 45.2 Å². The first-order valence-electron chi connectivity index (χ1n) is 6.70. The van der Waals surface area contributed by atoms with E-state index in [1.165, 1.54) is 6.42 Å². The fourth-order valence-corrected chi connectivity index (χ4v) is 2.33. The van der Waals surface area contributed by atoms with Gasteiger partial charge in [-0.3, -0.25) is 9.78 Å². The second kappa shape index (κ2) is 9.97. The number of amides is 1. The van der Waals surface area contributed by atoms with Crippen LogP contribution in [0.3, 0.4) is 0 Å². The maximum Gasteiger partial charge on any atom is 0.224 e. The molecule has 2 rings (SSSR count). The highest BCUT2D eigenvalue weighted by molar-refractivity contribution is 5.85. The van der Waals surface area contributed by atoms with Crippen molar-refractivity contribution in [2.45, 2.75) is 38.8 Å². The number of halogens is 2. The number of carbonyl (C=O) groups excluding carboxylic acids is 1. The molecule has 4 nitrogen and oxygen atoms in total. The zero-order valence-corrected chi connectivity index (χ0v) is 13.4. The molecule has 0 bridgehead atoms. The van der Waals surface area contributed by atoms with Crippen molar-refractivity contribution in [2.24, 2.45) is 0 Å². The first kappa shape index (κ1) is 19.2. The maximum absolute atomic E-state index is 12.2. The zero-order chi connectivity index (χ0) is 12.8. The highest BCUT2D eigenvalue weighted by Gasteiger charge is 2.21. The van der Waals surface area contributed by atoms with E-state index in [2.05, 4.69) is 10.3 Å². The largest absolute Gasteiger partial charge is 0.337 e. The summed E-state index contributed by atoms with van der Waals surface area (Å²) in [5.74, 6) is 0.225. The van der Waals surface area contributed by atoms with Crippen molar-refractivity contribution in [1.82, 2.24) is 15.2 Å². The van der Waals surface area contributed by atoms with Gasteiger partial charge in [-0.05, 0) is 38.4 Å². The molecular formula is C14H23Cl2N3O. The van der Waals surface area contributed by atoms with Gasteiger partial charge in [-0.15, -0.1) is 24.8 Å². The van der Waals surface area contributed by atoms with E-state index in [1.807, 2.05) is 30.0 Å². The van der Waals surface area contributed by atoms with Crippen LogP contribution in [-0.4, -0.2) is 34.9 Å². The summed E-state index contributed by atoms with van der Waals surface area (Å²) in [6.07, 6.45) is 4.68. The molecule has 0 spiro atoms. The fourth-order valence-electron chi connectivity index (χ4n) is 2.33. The number of hydrogen-bond acceptors (Lipinski definition) is 3. The molecule has 0 saturated carbocycles. The molecular weight excluding hydrogens is 297 g/mol. The standard InChI is InChI=1S/C14H21N3O.2ClH/c1-2-17(11-13-6-3-4-8-16-13)14(18)10-12-7-5-9-15-12;;/h3-4,6,8,12,15H,2,5,7,9-11H2,1H3;2*1H. The van der Waals surface area contributed by atoms with Crippen molar-refractivity contribution in [3.05, 3.63) is 30.1 Å². The molecule has 1 aliphatic rings. The summed E-state index contributed by atoms with van der Waals surface area (Å²) in [6.45, 7) is 4.41. The highest BCUT2D eigenvalue weighted by atomic mass is 35.5. The Kier molecular flexibility index (Phi) is 9.55. The Balaban J connectivity index is 0.00000180. The summed E-state index contributed by atoms with van der Waals surface area (Å²) < 4.78 is 0. The molecule has 1 aromatic rings. The smallest absolute Gasteiger partial charge is 0.224 e. The third kappa shape index (κ3) is 5.65. The summed E-state index contributed by atoms with van der Waals surface area (Å²) >= 11 is 0. The third-order valence-electron chi connectivity index (χ3n) is 3.40. The van der Waals surface area contributed by atoms with Gasteiger partial charge in [-0.25, -0.2) is 0 Å². The molecule has 20 heavy (non-hydrogen) atoms. The van der Waals surface area contributed by atoms with Crippen LogP contribution in [0.15, 0.2) is 24.4 Å². The van der Waals surface area contributed by atoms with E-state index < -0.39 is 0 Å². The van der Waals surface area contributed by atoms with Crippen LogP contribution in [0.4, 0.5) is 0 Å². The summed E-state index contributed by atoms with van der Waals surface area (Å²) in [7, 11) is 0. The van der Waals surface area contributed by atoms with Gasteiger partial charge in [0.1, 0.15) is 0 Å². The third-order valence-corrected chi connectivity index (χ3v) is 3.40. The summed E-state index contributed by atoms with van der Waals surface area (Å²) in [4.78, 5) is 18.3. The number of nitrogens with zero attached hydrogens (tertiary/aromatic N) is 2. The lowest BCUT2D eigenvalue weighted by atomic mass is 10.1. The molecule has 6 heteroatoms. The molecule has 0 aliphatic carbocycles. The molecule has 0 radical (unpaired) electrons. The summed E-state index contributed by atoms with van der Waals surface area (Å²) in [5.41, 5.74) is 0.951. The molecule has 1 fully saturated rings. The number of nitrogens with one attached hydrogen (secondary N) is 1. The van der Waals surface area contributed by atoms with Crippen LogP contribution in [0.1, 0.15) is 31.9 Å². The van der Waals surface area contributed by atoms with Crippen molar-refractivity contribution >= 4 is 30.7 Å². The Hall–Kier alpha value is -0.840. The van der Waals surface area contributed by atoms with Gasteiger partial charge < -0.3 is 10.2 Å². The number of aromatic nitrogens is 1. The second-order valence-corrected chi connectivity index (χ2v) is 4.73. The molecule has 0 aromatic carbocycles. The number of hydrogen-bond donors (Lipinski definition) is 1. The molecule has 2 heterocycles. The molecule has 1 saturated heterocycles. The average molecular weight is 320 g/mol. The highest BCUT2D eigenvalue weighted by Crippen LogP contribution is 2.11. The Labute approximate surface area is 133 Å². The van der Waals surface area contributed by atoms with Gasteiger partial charge >= 0.3 is 0 Å². The van der Waals surface area contributed by atoms with Gasteiger partial charge in [0.25, 0.3) is 0 Å². The first-order valence-corrected chi connectivity index (χ1v) is 6.70. The van der Waals surface area contributed by atoms with Crippen LogP contribution < -0.4 is 5.32 Å². The van der Waals surface area contributed by atoms with Gasteiger partial charge in [0, 0.05) is 25.2 Å². The molecule has 1 atom stereocenters. The van der Waals surface area contributed by atoms with Crippen molar-refractivity contribution in [2.75, 3.05) is 13.1 Å². The van der Waals surface area contributed by atoms with E-state index in [0.717, 1.165) is 25.2 Å². The van der Waals surface area contributed by atoms with Crippen molar-refractivity contribution < 1.29 is 4.79 Å². The summed E-state index contributed by atoms with van der Waals surface area (Å²) in [5, 5.41) is 3.37. The minimum atomic E-state index is 0. The SMILES string of the molecule is CCN(Cc1ccccn1)C(=O)CC1CCCN1.Cl.Cl. The van der Waals surface area contributed by atoms with Crippen LogP contribution in [0, 0.1) is 0 Å². The van der Waals surface area contributed by atoms with Gasteiger partial charge in [-0.1, -0.05) is 6.07 Å².